The number of dihydropyridines is 1. The molecule has 6 heteroatoms. The van der Waals surface area contributed by atoms with Gasteiger partial charge in [-0.25, -0.2) is 4.79 Å². The third-order valence-corrected chi connectivity index (χ3v) is 6.10. The lowest BCUT2D eigenvalue weighted by Crippen LogP contribution is -2.42. The fourth-order valence-corrected chi connectivity index (χ4v) is 4.39. The summed E-state index contributed by atoms with van der Waals surface area (Å²) in [5.74, 6) is 2.17. The van der Waals surface area contributed by atoms with E-state index in [1.165, 1.54) is 25.7 Å². The van der Waals surface area contributed by atoms with E-state index in [-0.39, 0.29) is 17.5 Å². The maximum Gasteiger partial charge on any atom is 0.457 e. The molecule has 130 valence electrons. The molecule has 3 heterocycles. The van der Waals surface area contributed by atoms with Crippen LogP contribution in [-0.2, 0) is 5.41 Å². The van der Waals surface area contributed by atoms with E-state index in [0.717, 1.165) is 42.6 Å². The highest BCUT2D eigenvalue weighted by molar-refractivity contribution is 6.09. The molecule has 0 spiro atoms. The molecule has 1 aromatic heterocycles. The summed E-state index contributed by atoms with van der Waals surface area (Å²) in [7, 11) is 0. The lowest BCUT2D eigenvalue weighted by Gasteiger charge is -2.25. The molecule has 1 atom stereocenters. The number of aromatic nitrogens is 3. The van der Waals surface area contributed by atoms with E-state index in [1.54, 1.807) is 0 Å². The molecular formula is C19H24N5O+. The van der Waals surface area contributed by atoms with Gasteiger partial charge in [0.15, 0.2) is 6.54 Å². The van der Waals surface area contributed by atoms with Crippen molar-refractivity contribution < 1.29 is 9.37 Å². The zero-order valence-corrected chi connectivity index (χ0v) is 14.9. The van der Waals surface area contributed by atoms with Crippen LogP contribution >= 0.6 is 0 Å². The van der Waals surface area contributed by atoms with E-state index in [0.29, 0.717) is 5.82 Å². The highest BCUT2D eigenvalue weighted by Crippen LogP contribution is 2.62. The van der Waals surface area contributed by atoms with E-state index in [9.17, 15) is 4.79 Å². The van der Waals surface area contributed by atoms with Crippen molar-refractivity contribution in [3.05, 3.63) is 23.8 Å². The SMILES string of the molecule is CCCC[N+]1=C2C=CC(C)=NC2n2c(nnc2C2(C3CC3)CC2)C1=O. The first kappa shape index (κ1) is 15.2. The predicted molar refractivity (Wildman–Crippen MR) is 94.3 cm³/mol. The average Bonchev–Trinajstić information content (AvgIpc) is 3.52. The van der Waals surface area contributed by atoms with Crippen LogP contribution in [0.15, 0.2) is 17.1 Å². The Morgan fingerprint density at radius 1 is 1.28 bits per heavy atom. The van der Waals surface area contributed by atoms with Gasteiger partial charge >= 0.3 is 5.91 Å². The number of carbonyl (C=O) groups excluding carboxylic acids is 1. The molecule has 0 saturated heterocycles. The molecule has 0 aromatic carbocycles. The van der Waals surface area contributed by atoms with Crippen molar-refractivity contribution in [1.29, 1.82) is 0 Å². The Balaban J connectivity index is 1.65. The second-order valence-electron chi connectivity index (χ2n) is 7.86. The van der Waals surface area contributed by atoms with E-state index in [1.807, 2.05) is 17.6 Å². The van der Waals surface area contributed by atoms with Crippen molar-refractivity contribution in [2.75, 3.05) is 6.54 Å². The van der Waals surface area contributed by atoms with Gasteiger partial charge in [-0.2, -0.15) is 4.58 Å². The van der Waals surface area contributed by atoms with Gasteiger partial charge in [0.1, 0.15) is 5.82 Å². The van der Waals surface area contributed by atoms with Crippen LogP contribution in [0.1, 0.15) is 75.0 Å². The zero-order chi connectivity index (χ0) is 17.2. The molecule has 1 aromatic rings. The highest BCUT2D eigenvalue weighted by atomic mass is 16.2. The number of unbranched alkanes of at least 4 members (excludes halogenated alkanes) is 1. The Morgan fingerprint density at radius 3 is 2.76 bits per heavy atom. The minimum Gasteiger partial charge on any atom is -0.269 e. The molecule has 1 amide bonds. The van der Waals surface area contributed by atoms with Crippen molar-refractivity contribution in [2.45, 2.75) is 64.0 Å². The van der Waals surface area contributed by atoms with E-state index in [2.05, 4.69) is 27.8 Å². The fourth-order valence-electron chi connectivity index (χ4n) is 4.39. The van der Waals surface area contributed by atoms with Gasteiger partial charge in [-0.05, 0) is 44.6 Å². The predicted octanol–water partition coefficient (Wildman–Crippen LogP) is 2.66. The number of aliphatic imine (C=N–C) groups is 1. The highest BCUT2D eigenvalue weighted by Gasteiger charge is 2.60. The van der Waals surface area contributed by atoms with E-state index in [4.69, 9.17) is 4.99 Å². The molecule has 2 aliphatic carbocycles. The third kappa shape index (κ3) is 2.12. The van der Waals surface area contributed by atoms with Crippen molar-refractivity contribution in [2.24, 2.45) is 10.9 Å². The molecule has 2 fully saturated rings. The summed E-state index contributed by atoms with van der Waals surface area (Å²) in [6.07, 6.45) is 10.8. The molecule has 5 rings (SSSR count). The first-order valence-corrected chi connectivity index (χ1v) is 9.52. The van der Waals surface area contributed by atoms with Gasteiger partial charge in [0.05, 0.1) is 0 Å². The van der Waals surface area contributed by atoms with E-state index >= 15 is 0 Å². The quantitative estimate of drug-likeness (QED) is 0.775. The van der Waals surface area contributed by atoms with Crippen LogP contribution in [0.3, 0.4) is 0 Å². The zero-order valence-electron chi connectivity index (χ0n) is 14.9. The molecule has 4 aliphatic rings. The van der Waals surface area contributed by atoms with Crippen LogP contribution in [-0.4, -0.2) is 43.2 Å². The average molecular weight is 338 g/mol. The van der Waals surface area contributed by atoms with Gasteiger partial charge in [-0.15, -0.1) is 10.2 Å². The van der Waals surface area contributed by atoms with Crippen LogP contribution in [0.5, 0.6) is 0 Å². The summed E-state index contributed by atoms with van der Waals surface area (Å²) >= 11 is 0. The minimum absolute atomic E-state index is 0.0237. The van der Waals surface area contributed by atoms with Crippen molar-refractivity contribution >= 4 is 17.3 Å². The van der Waals surface area contributed by atoms with Gasteiger partial charge in [-0.1, -0.05) is 13.3 Å². The summed E-state index contributed by atoms with van der Waals surface area (Å²) in [5, 5.41) is 8.88. The molecule has 2 aliphatic heterocycles. The molecular weight excluding hydrogens is 314 g/mol. The summed E-state index contributed by atoms with van der Waals surface area (Å²) in [5.41, 5.74) is 2.12. The topological polar surface area (TPSA) is 63.1 Å². The number of hydrogen-bond acceptors (Lipinski definition) is 4. The first-order valence-electron chi connectivity index (χ1n) is 9.52. The second kappa shape index (κ2) is 5.19. The van der Waals surface area contributed by atoms with Gasteiger partial charge in [0.25, 0.3) is 5.82 Å². The molecule has 0 radical (unpaired) electrons. The Kier molecular flexibility index (Phi) is 3.15. The lowest BCUT2D eigenvalue weighted by molar-refractivity contribution is -0.434. The van der Waals surface area contributed by atoms with Crippen LogP contribution in [0.4, 0.5) is 0 Å². The normalized spacial score (nSPS) is 26.4. The number of carbonyl (C=O) groups is 1. The van der Waals surface area contributed by atoms with Crippen LogP contribution in [0.25, 0.3) is 0 Å². The Bertz CT molecular complexity index is 851. The fraction of sp³-hybridized carbons (Fsp3) is 0.632. The van der Waals surface area contributed by atoms with Crippen molar-refractivity contribution in [3.8, 4) is 0 Å². The number of amides is 1. The molecule has 2 saturated carbocycles. The van der Waals surface area contributed by atoms with Crippen LogP contribution in [0.2, 0.25) is 0 Å². The summed E-state index contributed by atoms with van der Waals surface area (Å²) in [6.45, 7) is 4.87. The first-order chi connectivity index (χ1) is 12.2. The second-order valence-corrected chi connectivity index (χ2v) is 7.86. The Morgan fingerprint density at radius 2 is 2.08 bits per heavy atom. The number of fused-ring (bicyclic) bond motifs is 3. The Labute approximate surface area is 147 Å². The van der Waals surface area contributed by atoms with Gasteiger partial charge < -0.3 is 0 Å². The number of hydrogen-bond donors (Lipinski definition) is 0. The smallest absolute Gasteiger partial charge is 0.269 e. The van der Waals surface area contributed by atoms with Crippen LogP contribution < -0.4 is 0 Å². The molecule has 0 bridgehead atoms. The maximum atomic E-state index is 13.1. The van der Waals surface area contributed by atoms with Gasteiger partial charge in [0, 0.05) is 23.6 Å². The standard InChI is InChI=1S/C19H24N5O/c1-3-4-11-23-14-8-5-12(2)20-15(14)24-16(17(23)25)21-22-18(24)19(9-10-19)13-6-7-13/h5,8,13,15H,3-4,6-7,9-11H2,1-2H3/q+1. The minimum atomic E-state index is -0.184. The molecule has 25 heavy (non-hydrogen) atoms. The van der Waals surface area contributed by atoms with Crippen LogP contribution in [0, 0.1) is 5.92 Å². The van der Waals surface area contributed by atoms with E-state index < -0.39 is 0 Å². The van der Waals surface area contributed by atoms with Gasteiger partial charge in [0.2, 0.25) is 11.9 Å². The monoisotopic (exact) mass is 338 g/mol. The number of nitrogens with zero attached hydrogens (tertiary/aromatic N) is 5. The van der Waals surface area contributed by atoms with Gasteiger partial charge in [-0.3, -0.25) is 9.56 Å². The largest absolute Gasteiger partial charge is 0.457 e. The molecule has 0 N–H and O–H groups in total. The Hall–Kier alpha value is -2.11. The summed E-state index contributed by atoms with van der Waals surface area (Å²) in [6, 6.07) is 0. The molecule has 1 unspecified atom stereocenters. The number of allylic oxidation sites excluding steroid dienone is 1. The summed E-state index contributed by atoms with van der Waals surface area (Å²) in [4.78, 5) is 18.0. The summed E-state index contributed by atoms with van der Waals surface area (Å²) < 4.78 is 3.92. The number of rotatable bonds is 5. The maximum absolute atomic E-state index is 13.1. The van der Waals surface area contributed by atoms with Crippen molar-refractivity contribution in [1.82, 2.24) is 14.8 Å². The lowest BCUT2D eigenvalue weighted by atomic mass is 9.98. The third-order valence-electron chi connectivity index (χ3n) is 6.10. The van der Waals surface area contributed by atoms with Crippen molar-refractivity contribution in [3.63, 3.8) is 0 Å². The molecule has 6 nitrogen and oxygen atoms in total.